The molecular formula is C15H8Cl3FN2O. The summed E-state index contributed by atoms with van der Waals surface area (Å²) in [5, 5.41) is 1.07. The first-order valence-electron chi connectivity index (χ1n) is 5.94. The molecule has 0 saturated carbocycles. The molecule has 112 valence electrons. The number of nitrogens with one attached hydrogen (secondary N) is 2. The van der Waals surface area contributed by atoms with Crippen molar-refractivity contribution in [2.75, 3.05) is 5.43 Å². The van der Waals surface area contributed by atoms with Crippen molar-refractivity contribution >= 4 is 46.4 Å². The van der Waals surface area contributed by atoms with Crippen molar-refractivity contribution in [2.45, 2.75) is 0 Å². The molecule has 0 bridgehead atoms. The van der Waals surface area contributed by atoms with Crippen molar-refractivity contribution in [1.29, 1.82) is 0 Å². The van der Waals surface area contributed by atoms with Gasteiger partial charge in [-0.25, -0.2) is 4.39 Å². The molecule has 0 aromatic heterocycles. The number of anilines is 1. The number of hydrogen-bond acceptors (Lipinski definition) is 2. The van der Waals surface area contributed by atoms with E-state index in [9.17, 15) is 9.18 Å². The monoisotopic (exact) mass is 356 g/mol. The molecule has 0 heterocycles. The van der Waals surface area contributed by atoms with Gasteiger partial charge in [0.1, 0.15) is 5.82 Å². The SMILES string of the molecule is O=C(C#Cc1ccc(Cl)cc1F)NNc1ccc(Cl)cc1Cl. The van der Waals surface area contributed by atoms with Crippen LogP contribution in [-0.4, -0.2) is 5.91 Å². The van der Waals surface area contributed by atoms with Crippen LogP contribution >= 0.6 is 34.8 Å². The summed E-state index contributed by atoms with van der Waals surface area (Å²) in [5.74, 6) is 3.41. The first-order valence-corrected chi connectivity index (χ1v) is 7.07. The molecule has 1 amide bonds. The Labute approximate surface area is 141 Å². The predicted molar refractivity (Wildman–Crippen MR) is 86.5 cm³/mol. The third-order valence-corrected chi connectivity index (χ3v) is 3.27. The molecule has 0 fully saturated rings. The van der Waals surface area contributed by atoms with Gasteiger partial charge in [-0.05, 0) is 36.4 Å². The number of benzene rings is 2. The van der Waals surface area contributed by atoms with Gasteiger partial charge in [0.2, 0.25) is 0 Å². The average Bonchev–Trinajstić information content (AvgIpc) is 2.45. The van der Waals surface area contributed by atoms with E-state index in [2.05, 4.69) is 22.7 Å². The van der Waals surface area contributed by atoms with Crippen molar-refractivity contribution in [3.05, 3.63) is 62.8 Å². The summed E-state index contributed by atoms with van der Waals surface area (Å²) in [5.41, 5.74) is 5.44. The zero-order valence-electron chi connectivity index (χ0n) is 10.9. The summed E-state index contributed by atoms with van der Waals surface area (Å²) in [6, 6.07) is 8.72. The van der Waals surface area contributed by atoms with E-state index in [1.165, 1.54) is 18.2 Å². The van der Waals surface area contributed by atoms with Crippen molar-refractivity contribution in [3.8, 4) is 11.8 Å². The summed E-state index contributed by atoms with van der Waals surface area (Å²) in [6.07, 6.45) is 0. The van der Waals surface area contributed by atoms with Crippen molar-refractivity contribution in [3.63, 3.8) is 0 Å². The second kappa shape index (κ2) is 7.37. The molecule has 0 saturated heterocycles. The number of hydrogen-bond donors (Lipinski definition) is 2. The van der Waals surface area contributed by atoms with Gasteiger partial charge in [-0.3, -0.25) is 15.6 Å². The predicted octanol–water partition coefficient (Wildman–Crippen LogP) is 4.28. The van der Waals surface area contributed by atoms with Crippen LogP contribution in [0, 0.1) is 17.7 Å². The van der Waals surface area contributed by atoms with E-state index in [0.29, 0.717) is 15.7 Å². The molecule has 22 heavy (non-hydrogen) atoms. The number of amides is 1. The van der Waals surface area contributed by atoms with Crippen LogP contribution in [0.15, 0.2) is 36.4 Å². The molecule has 0 aliphatic carbocycles. The van der Waals surface area contributed by atoms with Gasteiger partial charge >= 0.3 is 5.91 Å². The van der Waals surface area contributed by atoms with Gasteiger partial charge < -0.3 is 0 Å². The van der Waals surface area contributed by atoms with E-state index in [1.54, 1.807) is 12.1 Å². The number of halogens is 4. The van der Waals surface area contributed by atoms with E-state index < -0.39 is 11.7 Å². The fraction of sp³-hybridized carbons (Fsp3) is 0. The van der Waals surface area contributed by atoms with Gasteiger partial charge in [0.05, 0.1) is 16.3 Å². The maximum Gasteiger partial charge on any atom is 0.314 e. The number of rotatable bonds is 2. The maximum absolute atomic E-state index is 13.5. The van der Waals surface area contributed by atoms with Crippen LogP contribution in [0.3, 0.4) is 0 Å². The highest BCUT2D eigenvalue weighted by Crippen LogP contribution is 2.24. The van der Waals surface area contributed by atoms with Gasteiger partial charge in [-0.2, -0.15) is 0 Å². The van der Waals surface area contributed by atoms with Crippen LogP contribution in [0.5, 0.6) is 0 Å². The Balaban J connectivity index is 2.00. The van der Waals surface area contributed by atoms with E-state index in [0.717, 1.165) is 6.07 Å². The van der Waals surface area contributed by atoms with E-state index in [-0.39, 0.29) is 10.6 Å². The smallest absolute Gasteiger partial charge is 0.296 e. The molecule has 0 spiro atoms. The molecule has 0 unspecified atom stereocenters. The minimum atomic E-state index is -0.652. The van der Waals surface area contributed by atoms with Gasteiger partial charge in [-0.1, -0.05) is 40.7 Å². The Kier molecular flexibility index (Phi) is 5.51. The Morgan fingerprint density at radius 3 is 2.41 bits per heavy atom. The second-order valence-electron chi connectivity index (χ2n) is 4.08. The lowest BCUT2D eigenvalue weighted by Crippen LogP contribution is -2.28. The molecule has 0 aliphatic rings. The Morgan fingerprint density at radius 1 is 1.05 bits per heavy atom. The van der Waals surface area contributed by atoms with Crippen molar-refractivity contribution in [1.82, 2.24) is 5.43 Å². The molecule has 7 heteroatoms. The highest BCUT2D eigenvalue weighted by atomic mass is 35.5. The maximum atomic E-state index is 13.5. The Morgan fingerprint density at radius 2 is 1.73 bits per heavy atom. The van der Waals surface area contributed by atoms with E-state index in [1.807, 2.05) is 0 Å². The Hall–Kier alpha value is -1.93. The van der Waals surface area contributed by atoms with Crippen LogP contribution in [0.2, 0.25) is 15.1 Å². The van der Waals surface area contributed by atoms with Crippen molar-refractivity contribution in [2.24, 2.45) is 0 Å². The van der Waals surface area contributed by atoms with Crippen LogP contribution in [-0.2, 0) is 4.79 Å². The summed E-state index contributed by atoms with van der Waals surface area (Å²) in [6.45, 7) is 0. The van der Waals surface area contributed by atoms with Gasteiger partial charge in [0, 0.05) is 16.0 Å². The minimum absolute atomic E-state index is 0.0732. The van der Waals surface area contributed by atoms with Crippen LogP contribution < -0.4 is 10.9 Å². The third kappa shape index (κ3) is 4.54. The van der Waals surface area contributed by atoms with Gasteiger partial charge in [0.15, 0.2) is 0 Å². The molecule has 2 rings (SSSR count). The first-order chi connectivity index (χ1) is 10.5. The summed E-state index contributed by atoms with van der Waals surface area (Å²) in [4.78, 5) is 11.6. The lowest BCUT2D eigenvalue weighted by molar-refractivity contribution is -0.115. The fourth-order valence-electron chi connectivity index (χ4n) is 1.46. The van der Waals surface area contributed by atoms with E-state index >= 15 is 0 Å². The zero-order chi connectivity index (χ0) is 16.1. The number of hydrazine groups is 1. The van der Waals surface area contributed by atoms with Crippen molar-refractivity contribution < 1.29 is 9.18 Å². The highest BCUT2D eigenvalue weighted by Gasteiger charge is 2.03. The molecule has 0 aliphatic heterocycles. The van der Waals surface area contributed by atoms with E-state index in [4.69, 9.17) is 34.8 Å². The van der Waals surface area contributed by atoms with Crippen LogP contribution in [0.25, 0.3) is 0 Å². The summed E-state index contributed by atoms with van der Waals surface area (Å²) < 4.78 is 13.5. The quantitative estimate of drug-likeness (QED) is 0.622. The molecule has 2 N–H and O–H groups in total. The topological polar surface area (TPSA) is 41.1 Å². The lowest BCUT2D eigenvalue weighted by Gasteiger charge is -2.07. The van der Waals surface area contributed by atoms with Gasteiger partial charge in [0.25, 0.3) is 0 Å². The van der Waals surface area contributed by atoms with Gasteiger partial charge in [-0.15, -0.1) is 0 Å². The molecule has 2 aromatic rings. The summed E-state index contributed by atoms with van der Waals surface area (Å²) >= 11 is 17.3. The van der Waals surface area contributed by atoms with Crippen LogP contribution in [0.4, 0.5) is 10.1 Å². The molecular weight excluding hydrogens is 350 g/mol. The minimum Gasteiger partial charge on any atom is -0.296 e. The second-order valence-corrected chi connectivity index (χ2v) is 5.36. The molecule has 2 aromatic carbocycles. The zero-order valence-corrected chi connectivity index (χ0v) is 13.2. The van der Waals surface area contributed by atoms with Crippen LogP contribution in [0.1, 0.15) is 5.56 Å². The highest BCUT2D eigenvalue weighted by molar-refractivity contribution is 6.36. The lowest BCUT2D eigenvalue weighted by atomic mass is 10.2. The number of carbonyl (C=O) groups is 1. The standard InChI is InChI=1S/C15H8Cl3FN2O/c16-10-4-5-14(12(18)7-10)20-21-15(22)6-2-9-1-3-11(17)8-13(9)19/h1,3-5,7-8,20H,(H,21,22). The Bertz CT molecular complexity index is 784. The normalized spacial score (nSPS) is 9.64. The number of carbonyl (C=O) groups excluding carboxylic acids is 1. The largest absolute Gasteiger partial charge is 0.314 e. The molecule has 0 radical (unpaired) electrons. The molecule has 0 atom stereocenters. The average molecular weight is 358 g/mol. The summed E-state index contributed by atoms with van der Waals surface area (Å²) in [7, 11) is 0. The fourth-order valence-corrected chi connectivity index (χ4v) is 2.08. The molecule has 3 nitrogen and oxygen atoms in total. The first kappa shape index (κ1) is 16.4. The third-order valence-electron chi connectivity index (χ3n) is 2.48.